The molecule has 2 unspecified atom stereocenters. The van der Waals surface area contributed by atoms with Crippen molar-refractivity contribution in [3.63, 3.8) is 0 Å². The Morgan fingerprint density at radius 1 is 1.50 bits per heavy atom. The average Bonchev–Trinajstić information content (AvgIpc) is 2.94. The molecule has 2 aliphatic rings. The number of hydrogen-bond acceptors (Lipinski definition) is 3. The number of ether oxygens (including phenoxy) is 1. The van der Waals surface area contributed by atoms with E-state index in [4.69, 9.17) is 10.5 Å². The van der Waals surface area contributed by atoms with Crippen LogP contribution in [0.2, 0.25) is 0 Å². The summed E-state index contributed by atoms with van der Waals surface area (Å²) in [7, 11) is 0. The maximum absolute atomic E-state index is 11.4. The molecule has 0 spiro atoms. The van der Waals surface area contributed by atoms with Gasteiger partial charge in [0.25, 0.3) is 0 Å². The quantitative estimate of drug-likeness (QED) is 0.879. The zero-order valence-corrected chi connectivity index (χ0v) is 11.5. The van der Waals surface area contributed by atoms with Gasteiger partial charge in [0.05, 0.1) is 18.6 Å². The molecule has 0 aromatic heterocycles. The van der Waals surface area contributed by atoms with Crippen molar-refractivity contribution in [2.75, 3.05) is 11.9 Å². The molecule has 3 N–H and O–H groups in total. The minimum absolute atomic E-state index is 0.0414. The Kier molecular flexibility index (Phi) is 3.13. The highest BCUT2D eigenvalue weighted by atomic mass is 79.9. The first kappa shape index (κ1) is 12.1. The van der Waals surface area contributed by atoms with Crippen LogP contribution in [0.3, 0.4) is 0 Å². The Labute approximate surface area is 114 Å². The highest BCUT2D eigenvalue weighted by Crippen LogP contribution is 2.35. The Hall–Kier alpha value is -0.910. The summed E-state index contributed by atoms with van der Waals surface area (Å²) in [5.74, 6) is 0.0414. The minimum atomic E-state index is -0.136. The Bertz CT molecular complexity index is 498. The number of carbonyl (C=O) groups is 1. The fourth-order valence-electron chi connectivity index (χ4n) is 2.61. The Morgan fingerprint density at radius 3 is 3.06 bits per heavy atom. The summed E-state index contributed by atoms with van der Waals surface area (Å²) in [5, 5.41) is 2.83. The van der Waals surface area contributed by atoms with Crippen LogP contribution in [-0.2, 0) is 16.0 Å². The van der Waals surface area contributed by atoms with Crippen LogP contribution in [-0.4, -0.2) is 18.6 Å². The van der Waals surface area contributed by atoms with E-state index in [1.165, 1.54) is 0 Å². The Balaban J connectivity index is 1.92. The maximum Gasteiger partial charge on any atom is 0.228 e. The van der Waals surface area contributed by atoms with Crippen molar-refractivity contribution in [3.8, 4) is 0 Å². The zero-order chi connectivity index (χ0) is 12.7. The number of nitrogens with two attached hydrogens (primary N) is 1. The molecule has 2 aliphatic heterocycles. The van der Waals surface area contributed by atoms with Gasteiger partial charge >= 0.3 is 0 Å². The highest BCUT2D eigenvalue weighted by Gasteiger charge is 2.28. The predicted octanol–water partition coefficient (Wildman–Crippen LogP) is 2.12. The largest absolute Gasteiger partial charge is 0.376 e. The summed E-state index contributed by atoms with van der Waals surface area (Å²) in [6.45, 7) is 0.793. The molecule has 0 saturated carbocycles. The van der Waals surface area contributed by atoms with Gasteiger partial charge in [-0.25, -0.2) is 0 Å². The summed E-state index contributed by atoms with van der Waals surface area (Å²) < 4.78 is 6.57. The van der Waals surface area contributed by atoms with Gasteiger partial charge in [0, 0.05) is 16.8 Å². The Morgan fingerprint density at radius 2 is 2.33 bits per heavy atom. The van der Waals surface area contributed by atoms with Crippen LogP contribution in [0.4, 0.5) is 5.69 Å². The van der Waals surface area contributed by atoms with Crippen molar-refractivity contribution in [1.29, 1.82) is 0 Å². The lowest BCUT2D eigenvalue weighted by atomic mass is 9.97. The van der Waals surface area contributed by atoms with Gasteiger partial charge in [-0.05, 0) is 30.0 Å². The van der Waals surface area contributed by atoms with E-state index in [1.54, 1.807) is 0 Å². The van der Waals surface area contributed by atoms with Crippen LogP contribution in [0.15, 0.2) is 16.6 Å². The van der Waals surface area contributed by atoms with E-state index in [2.05, 4.69) is 21.2 Å². The first-order chi connectivity index (χ1) is 8.65. The van der Waals surface area contributed by atoms with Gasteiger partial charge in [0.1, 0.15) is 0 Å². The normalized spacial score (nSPS) is 23.9. The molecule has 2 heterocycles. The summed E-state index contributed by atoms with van der Waals surface area (Å²) >= 11 is 3.53. The molecule has 4 nitrogen and oxygen atoms in total. The highest BCUT2D eigenvalue weighted by molar-refractivity contribution is 9.10. The molecule has 2 atom stereocenters. The van der Waals surface area contributed by atoms with E-state index < -0.39 is 0 Å². The average molecular weight is 311 g/mol. The molecule has 3 rings (SSSR count). The van der Waals surface area contributed by atoms with Crippen LogP contribution >= 0.6 is 15.9 Å². The summed E-state index contributed by atoms with van der Waals surface area (Å²) in [6.07, 6.45) is 2.60. The van der Waals surface area contributed by atoms with Crippen LogP contribution in [0, 0.1) is 0 Å². The van der Waals surface area contributed by atoms with Crippen LogP contribution < -0.4 is 11.1 Å². The molecule has 18 heavy (non-hydrogen) atoms. The molecular formula is C13H15BrN2O2. The third-order valence-electron chi connectivity index (χ3n) is 3.57. The lowest BCUT2D eigenvalue weighted by Crippen LogP contribution is -2.26. The standard InChI is InChI=1S/C13H15BrN2O2/c14-9-6-10-7(5-12(17)16-10)4-8(9)13(15)11-2-1-3-18-11/h4,6,11,13H,1-3,5,15H2,(H,16,17). The number of fused-ring (bicyclic) bond motifs is 1. The van der Waals surface area contributed by atoms with Gasteiger partial charge < -0.3 is 15.8 Å². The maximum atomic E-state index is 11.4. The van der Waals surface area contributed by atoms with E-state index >= 15 is 0 Å². The van der Waals surface area contributed by atoms with Gasteiger partial charge in [-0.1, -0.05) is 22.0 Å². The van der Waals surface area contributed by atoms with Gasteiger partial charge in [-0.2, -0.15) is 0 Å². The van der Waals surface area contributed by atoms with Crippen molar-refractivity contribution in [3.05, 3.63) is 27.7 Å². The zero-order valence-electron chi connectivity index (χ0n) is 9.91. The number of hydrogen-bond donors (Lipinski definition) is 2. The third-order valence-corrected chi connectivity index (χ3v) is 4.26. The van der Waals surface area contributed by atoms with Gasteiger partial charge in [-0.15, -0.1) is 0 Å². The number of amides is 1. The smallest absolute Gasteiger partial charge is 0.228 e. The lowest BCUT2D eigenvalue weighted by Gasteiger charge is -2.21. The van der Waals surface area contributed by atoms with Crippen LogP contribution in [0.1, 0.15) is 30.0 Å². The van der Waals surface area contributed by atoms with Crippen LogP contribution in [0.5, 0.6) is 0 Å². The van der Waals surface area contributed by atoms with Crippen molar-refractivity contribution >= 4 is 27.5 Å². The van der Waals surface area contributed by atoms with Crippen molar-refractivity contribution < 1.29 is 9.53 Å². The number of rotatable bonds is 2. The fourth-order valence-corrected chi connectivity index (χ4v) is 3.22. The monoisotopic (exact) mass is 310 g/mol. The molecule has 5 heteroatoms. The molecule has 1 aromatic rings. The van der Waals surface area contributed by atoms with E-state index in [9.17, 15) is 4.79 Å². The van der Waals surface area contributed by atoms with E-state index in [1.807, 2.05) is 12.1 Å². The summed E-state index contributed by atoms with van der Waals surface area (Å²) in [4.78, 5) is 11.4. The third kappa shape index (κ3) is 2.06. The number of halogens is 1. The molecule has 0 radical (unpaired) electrons. The fraction of sp³-hybridized carbons (Fsp3) is 0.462. The topological polar surface area (TPSA) is 64.3 Å². The molecular weight excluding hydrogens is 296 g/mol. The van der Waals surface area contributed by atoms with Crippen molar-refractivity contribution in [1.82, 2.24) is 0 Å². The first-order valence-corrected chi connectivity index (χ1v) is 6.94. The number of benzene rings is 1. The molecule has 1 aromatic carbocycles. The minimum Gasteiger partial charge on any atom is -0.376 e. The molecule has 0 bridgehead atoms. The second kappa shape index (κ2) is 4.64. The van der Waals surface area contributed by atoms with Gasteiger partial charge in [0.2, 0.25) is 5.91 Å². The molecule has 1 saturated heterocycles. The van der Waals surface area contributed by atoms with Crippen molar-refractivity contribution in [2.45, 2.75) is 31.4 Å². The lowest BCUT2D eigenvalue weighted by molar-refractivity contribution is -0.115. The number of carbonyl (C=O) groups excluding carboxylic acids is 1. The van der Waals surface area contributed by atoms with Crippen molar-refractivity contribution in [2.24, 2.45) is 5.73 Å². The predicted molar refractivity (Wildman–Crippen MR) is 72.4 cm³/mol. The molecule has 0 aliphatic carbocycles. The second-order valence-corrected chi connectivity index (χ2v) is 5.69. The SMILES string of the molecule is NC(c1cc2c(cc1Br)NC(=O)C2)C1CCCO1. The summed E-state index contributed by atoms with van der Waals surface area (Å²) in [6, 6.07) is 3.82. The van der Waals surface area contributed by atoms with E-state index in [-0.39, 0.29) is 18.1 Å². The van der Waals surface area contributed by atoms with Gasteiger partial charge in [-0.3, -0.25) is 4.79 Å². The molecule has 1 fully saturated rings. The summed E-state index contributed by atoms with van der Waals surface area (Å²) in [5.41, 5.74) is 9.20. The van der Waals surface area contributed by atoms with E-state index in [0.717, 1.165) is 40.7 Å². The number of nitrogens with one attached hydrogen (secondary N) is 1. The first-order valence-electron chi connectivity index (χ1n) is 6.14. The van der Waals surface area contributed by atoms with E-state index in [0.29, 0.717) is 6.42 Å². The molecule has 96 valence electrons. The van der Waals surface area contributed by atoms with Gasteiger partial charge in [0.15, 0.2) is 0 Å². The second-order valence-electron chi connectivity index (χ2n) is 4.83. The number of anilines is 1. The molecule has 1 amide bonds. The van der Waals surface area contributed by atoms with Crippen LogP contribution in [0.25, 0.3) is 0 Å².